The summed E-state index contributed by atoms with van der Waals surface area (Å²) in [7, 11) is 0. The molecule has 110 valence electrons. The summed E-state index contributed by atoms with van der Waals surface area (Å²) in [6, 6.07) is 8.15. The molecule has 2 N–H and O–H groups in total. The lowest BCUT2D eigenvalue weighted by Gasteiger charge is -2.18. The van der Waals surface area contributed by atoms with Gasteiger partial charge in [0.2, 0.25) is 0 Å². The number of ether oxygens (including phenoxy) is 2. The summed E-state index contributed by atoms with van der Waals surface area (Å²) < 4.78 is 25.2. The predicted molar refractivity (Wildman–Crippen MR) is 80.7 cm³/mol. The van der Waals surface area contributed by atoms with Crippen LogP contribution in [0.1, 0.15) is 19.4 Å². The molecule has 0 saturated carbocycles. The Kier molecular flexibility index (Phi) is 3.21. The standard InChI is InChI=1S/C16H15ClFNO2/c1-16(2)8-9-4-3-5-13(15(9)21-16)20-14-7-11(18)10(17)6-12(14)19/h3-7H,8,19H2,1-2H3. The molecular formula is C16H15ClFNO2. The van der Waals surface area contributed by atoms with Gasteiger partial charge in [0.15, 0.2) is 17.2 Å². The average molecular weight is 308 g/mol. The van der Waals surface area contributed by atoms with Gasteiger partial charge in [0.1, 0.15) is 11.4 Å². The van der Waals surface area contributed by atoms with Gasteiger partial charge >= 0.3 is 0 Å². The summed E-state index contributed by atoms with van der Waals surface area (Å²) in [4.78, 5) is 0. The lowest BCUT2D eigenvalue weighted by atomic mass is 10.0. The summed E-state index contributed by atoms with van der Waals surface area (Å²) in [5.41, 5.74) is 6.88. The molecule has 1 aliphatic rings. The molecule has 0 atom stereocenters. The van der Waals surface area contributed by atoms with E-state index in [2.05, 4.69) is 0 Å². The maximum Gasteiger partial charge on any atom is 0.169 e. The molecule has 0 radical (unpaired) electrons. The number of hydrogen-bond acceptors (Lipinski definition) is 3. The maximum absolute atomic E-state index is 13.6. The second-order valence-corrected chi connectivity index (χ2v) is 6.10. The highest BCUT2D eigenvalue weighted by Gasteiger charge is 2.32. The summed E-state index contributed by atoms with van der Waals surface area (Å²) in [6.07, 6.45) is 0.796. The highest BCUT2D eigenvalue weighted by molar-refractivity contribution is 6.31. The van der Waals surface area contributed by atoms with Crippen LogP contribution in [0.25, 0.3) is 0 Å². The van der Waals surface area contributed by atoms with Gasteiger partial charge in [0.05, 0.1) is 10.7 Å². The molecule has 0 saturated heterocycles. The molecular weight excluding hydrogens is 293 g/mol. The Morgan fingerprint density at radius 1 is 1.29 bits per heavy atom. The first-order chi connectivity index (χ1) is 9.85. The van der Waals surface area contributed by atoms with Crippen molar-refractivity contribution in [1.29, 1.82) is 0 Å². The number of anilines is 1. The van der Waals surface area contributed by atoms with Gasteiger partial charge in [-0.3, -0.25) is 0 Å². The minimum absolute atomic E-state index is 0.0319. The van der Waals surface area contributed by atoms with Gasteiger partial charge in [-0.15, -0.1) is 0 Å². The van der Waals surface area contributed by atoms with Gasteiger partial charge in [-0.2, -0.15) is 0 Å². The topological polar surface area (TPSA) is 44.5 Å². The molecule has 1 aliphatic heterocycles. The molecule has 21 heavy (non-hydrogen) atoms. The van der Waals surface area contributed by atoms with E-state index in [-0.39, 0.29) is 22.1 Å². The number of nitrogens with two attached hydrogens (primary N) is 1. The SMILES string of the molecule is CC1(C)Cc2cccc(Oc3cc(F)c(Cl)cc3N)c2O1. The second kappa shape index (κ2) is 4.81. The number of hydrogen-bond donors (Lipinski definition) is 1. The Bertz CT molecular complexity index is 716. The number of rotatable bonds is 2. The fraction of sp³-hybridized carbons (Fsp3) is 0.250. The van der Waals surface area contributed by atoms with E-state index in [9.17, 15) is 4.39 Å². The van der Waals surface area contributed by atoms with Crippen molar-refractivity contribution >= 4 is 17.3 Å². The lowest BCUT2D eigenvalue weighted by Crippen LogP contribution is -2.24. The molecule has 0 spiro atoms. The third kappa shape index (κ3) is 2.63. The molecule has 0 fully saturated rings. The van der Waals surface area contributed by atoms with Crippen molar-refractivity contribution in [3.05, 3.63) is 46.7 Å². The first-order valence-corrected chi connectivity index (χ1v) is 6.97. The number of para-hydroxylation sites is 1. The van der Waals surface area contributed by atoms with Crippen molar-refractivity contribution in [2.24, 2.45) is 0 Å². The normalized spacial score (nSPS) is 15.4. The summed E-state index contributed by atoms with van der Waals surface area (Å²) in [5.74, 6) is 0.844. The Morgan fingerprint density at radius 3 is 2.81 bits per heavy atom. The number of benzene rings is 2. The molecule has 0 aromatic heterocycles. The largest absolute Gasteiger partial charge is 0.483 e. The molecule has 2 aromatic rings. The third-order valence-electron chi connectivity index (χ3n) is 3.33. The minimum Gasteiger partial charge on any atom is -0.483 e. The van der Waals surface area contributed by atoms with E-state index < -0.39 is 5.82 Å². The first-order valence-electron chi connectivity index (χ1n) is 6.59. The Morgan fingerprint density at radius 2 is 2.05 bits per heavy atom. The molecule has 3 nitrogen and oxygen atoms in total. The van der Waals surface area contributed by atoms with Gasteiger partial charge in [-0.25, -0.2) is 4.39 Å². The van der Waals surface area contributed by atoms with Crippen LogP contribution in [-0.2, 0) is 6.42 Å². The molecule has 0 amide bonds. The van der Waals surface area contributed by atoms with Crippen molar-refractivity contribution in [2.75, 3.05) is 5.73 Å². The molecule has 0 bridgehead atoms. The predicted octanol–water partition coefficient (Wildman–Crippen LogP) is 4.57. The highest BCUT2D eigenvalue weighted by atomic mass is 35.5. The zero-order valence-corrected chi connectivity index (χ0v) is 12.5. The quantitative estimate of drug-likeness (QED) is 0.827. The van der Waals surface area contributed by atoms with Crippen LogP contribution in [0.2, 0.25) is 5.02 Å². The lowest BCUT2D eigenvalue weighted by molar-refractivity contribution is 0.135. The summed E-state index contributed by atoms with van der Waals surface area (Å²) >= 11 is 5.68. The van der Waals surface area contributed by atoms with Gasteiger partial charge in [-0.05, 0) is 26.0 Å². The molecule has 1 heterocycles. The van der Waals surface area contributed by atoms with Crippen molar-refractivity contribution in [3.63, 3.8) is 0 Å². The second-order valence-electron chi connectivity index (χ2n) is 5.69. The van der Waals surface area contributed by atoms with E-state index in [1.807, 2.05) is 26.0 Å². The fourth-order valence-corrected chi connectivity index (χ4v) is 2.59. The van der Waals surface area contributed by atoms with Crippen molar-refractivity contribution in [1.82, 2.24) is 0 Å². The fourth-order valence-electron chi connectivity index (χ4n) is 2.42. The van der Waals surface area contributed by atoms with Crippen LogP contribution in [0.4, 0.5) is 10.1 Å². The van der Waals surface area contributed by atoms with Gasteiger partial charge in [0.25, 0.3) is 0 Å². The van der Waals surface area contributed by atoms with E-state index in [0.717, 1.165) is 12.0 Å². The van der Waals surface area contributed by atoms with Gasteiger partial charge in [0, 0.05) is 18.1 Å². The van der Waals surface area contributed by atoms with E-state index in [0.29, 0.717) is 11.5 Å². The number of halogens is 2. The number of fused-ring (bicyclic) bond motifs is 1. The van der Waals surface area contributed by atoms with Crippen LogP contribution >= 0.6 is 11.6 Å². The maximum atomic E-state index is 13.6. The van der Waals surface area contributed by atoms with E-state index in [4.69, 9.17) is 26.8 Å². The van der Waals surface area contributed by atoms with Crippen molar-refractivity contribution < 1.29 is 13.9 Å². The third-order valence-corrected chi connectivity index (χ3v) is 3.62. The number of nitrogen functional groups attached to an aromatic ring is 1. The van der Waals surface area contributed by atoms with Crippen LogP contribution in [0.3, 0.4) is 0 Å². The Labute approximate surface area is 127 Å². The van der Waals surface area contributed by atoms with Crippen LogP contribution in [-0.4, -0.2) is 5.60 Å². The average Bonchev–Trinajstić information content (AvgIpc) is 2.71. The first kappa shape index (κ1) is 14.0. The smallest absolute Gasteiger partial charge is 0.169 e. The zero-order chi connectivity index (χ0) is 15.2. The highest BCUT2D eigenvalue weighted by Crippen LogP contribution is 2.44. The molecule has 3 rings (SSSR count). The van der Waals surface area contributed by atoms with Gasteiger partial charge in [-0.1, -0.05) is 23.7 Å². The summed E-state index contributed by atoms with van der Waals surface area (Å²) in [6.45, 7) is 4.01. The van der Waals surface area contributed by atoms with Crippen LogP contribution in [0, 0.1) is 5.82 Å². The summed E-state index contributed by atoms with van der Waals surface area (Å²) in [5, 5.41) is -0.0319. The minimum atomic E-state index is -0.574. The van der Waals surface area contributed by atoms with E-state index in [1.165, 1.54) is 12.1 Å². The van der Waals surface area contributed by atoms with Gasteiger partial charge < -0.3 is 15.2 Å². The monoisotopic (exact) mass is 307 g/mol. The van der Waals surface area contributed by atoms with Crippen LogP contribution in [0.5, 0.6) is 17.2 Å². The molecule has 5 heteroatoms. The molecule has 2 aromatic carbocycles. The zero-order valence-electron chi connectivity index (χ0n) is 11.7. The van der Waals surface area contributed by atoms with Crippen LogP contribution < -0.4 is 15.2 Å². The van der Waals surface area contributed by atoms with E-state index >= 15 is 0 Å². The van der Waals surface area contributed by atoms with Crippen molar-refractivity contribution in [3.8, 4) is 17.2 Å². The Balaban J connectivity index is 1.98. The molecule has 0 aliphatic carbocycles. The van der Waals surface area contributed by atoms with E-state index in [1.54, 1.807) is 6.07 Å². The molecule has 0 unspecified atom stereocenters. The van der Waals surface area contributed by atoms with Crippen molar-refractivity contribution in [2.45, 2.75) is 25.9 Å². The Hall–Kier alpha value is -1.94. The van der Waals surface area contributed by atoms with Crippen LogP contribution in [0.15, 0.2) is 30.3 Å².